The third-order valence-electron chi connectivity index (χ3n) is 6.08. The Morgan fingerprint density at radius 2 is 1.86 bits per heavy atom. The van der Waals surface area contributed by atoms with Crippen LogP contribution in [-0.2, 0) is 25.7 Å². The van der Waals surface area contributed by atoms with E-state index < -0.39 is 12.2 Å². The fraction of sp³-hybridized carbons (Fsp3) is 0.407. The topological polar surface area (TPSA) is 101 Å². The number of guanidine groups is 1. The first-order valence-corrected chi connectivity index (χ1v) is 12.3. The number of amides is 2. The first-order valence-electron chi connectivity index (χ1n) is 12.3. The summed E-state index contributed by atoms with van der Waals surface area (Å²) in [6.07, 6.45) is 3.18. The van der Waals surface area contributed by atoms with E-state index in [4.69, 9.17) is 9.47 Å². The molecule has 1 atom stereocenters. The van der Waals surface area contributed by atoms with E-state index in [2.05, 4.69) is 10.3 Å². The van der Waals surface area contributed by atoms with Gasteiger partial charge in [-0.25, -0.2) is 4.99 Å². The third-order valence-corrected chi connectivity index (χ3v) is 6.08. The van der Waals surface area contributed by atoms with Gasteiger partial charge in [-0.2, -0.15) is 0 Å². The average Bonchev–Trinajstić information content (AvgIpc) is 3.20. The second-order valence-corrected chi connectivity index (χ2v) is 8.95. The van der Waals surface area contributed by atoms with Crippen LogP contribution < -0.4 is 15.0 Å². The molecule has 1 unspecified atom stereocenters. The zero-order valence-electron chi connectivity index (χ0n) is 20.7. The van der Waals surface area contributed by atoms with Crippen LogP contribution in [0.2, 0.25) is 0 Å². The SMILES string of the molecule is CC(=O)OC(C)N(C(=O)CCCCCCOc1ccc2c(c1)CN1CC(=O)NC1=N2)c1ccccc1. The zero-order chi connectivity index (χ0) is 25.5. The number of fused-ring (bicyclic) bond motifs is 2. The highest BCUT2D eigenvalue weighted by molar-refractivity contribution is 6.05. The summed E-state index contributed by atoms with van der Waals surface area (Å²) in [7, 11) is 0. The van der Waals surface area contributed by atoms with Crippen LogP contribution in [0, 0.1) is 0 Å². The van der Waals surface area contributed by atoms with Crippen LogP contribution in [-0.4, -0.2) is 48.0 Å². The predicted molar refractivity (Wildman–Crippen MR) is 136 cm³/mol. The summed E-state index contributed by atoms with van der Waals surface area (Å²) in [5.74, 6) is 0.884. The molecule has 1 saturated heterocycles. The number of unbranched alkanes of at least 4 members (excludes halogenated alkanes) is 3. The van der Waals surface area contributed by atoms with Crippen LogP contribution in [0.25, 0.3) is 0 Å². The Morgan fingerprint density at radius 1 is 1.08 bits per heavy atom. The molecule has 1 N–H and O–H groups in total. The Kier molecular flexibility index (Phi) is 8.20. The van der Waals surface area contributed by atoms with Gasteiger partial charge in [-0.05, 0) is 50.1 Å². The number of esters is 1. The van der Waals surface area contributed by atoms with Crippen molar-refractivity contribution in [3.05, 3.63) is 54.1 Å². The minimum absolute atomic E-state index is 0.0357. The minimum Gasteiger partial charge on any atom is -0.494 e. The van der Waals surface area contributed by atoms with Crippen LogP contribution in [0.5, 0.6) is 5.75 Å². The van der Waals surface area contributed by atoms with E-state index in [-0.39, 0.29) is 11.8 Å². The number of aliphatic imine (C=N–C) groups is 1. The fourth-order valence-electron chi connectivity index (χ4n) is 4.41. The summed E-state index contributed by atoms with van der Waals surface area (Å²) in [6, 6.07) is 15.1. The Labute approximate surface area is 211 Å². The van der Waals surface area contributed by atoms with Crippen molar-refractivity contribution in [3.63, 3.8) is 0 Å². The maximum absolute atomic E-state index is 12.9. The highest BCUT2D eigenvalue weighted by Crippen LogP contribution is 2.30. The molecule has 1 fully saturated rings. The van der Waals surface area contributed by atoms with Crippen molar-refractivity contribution in [2.75, 3.05) is 18.1 Å². The van der Waals surface area contributed by atoms with Gasteiger partial charge in [-0.3, -0.25) is 24.6 Å². The molecule has 4 rings (SSSR count). The molecule has 2 amide bonds. The summed E-state index contributed by atoms with van der Waals surface area (Å²) < 4.78 is 11.2. The molecule has 2 aromatic carbocycles. The van der Waals surface area contributed by atoms with Gasteiger partial charge < -0.3 is 14.4 Å². The van der Waals surface area contributed by atoms with Gasteiger partial charge in [0, 0.05) is 31.1 Å². The van der Waals surface area contributed by atoms with Crippen molar-refractivity contribution in [2.45, 2.75) is 58.7 Å². The summed E-state index contributed by atoms with van der Waals surface area (Å²) in [6.45, 7) is 4.60. The molecular weight excluding hydrogens is 460 g/mol. The van der Waals surface area contributed by atoms with Gasteiger partial charge in [0.2, 0.25) is 17.8 Å². The molecule has 0 spiro atoms. The quantitative estimate of drug-likeness (QED) is 0.290. The second-order valence-electron chi connectivity index (χ2n) is 8.95. The van der Waals surface area contributed by atoms with Crippen molar-refractivity contribution < 1.29 is 23.9 Å². The van der Waals surface area contributed by atoms with E-state index in [9.17, 15) is 14.4 Å². The van der Waals surface area contributed by atoms with Gasteiger partial charge in [-0.15, -0.1) is 0 Å². The standard InChI is InChI=1S/C27H32N4O5/c1-19(36-20(2)32)31(22-10-6-5-7-11-22)26(34)12-8-3-4-9-15-35-23-13-14-24-21(16-23)17-30-18-25(33)29-27(30)28-24/h5-7,10-11,13-14,16,19H,3-4,8-9,12,15,17-18H2,1-2H3,(H,28,29,33). The lowest BCUT2D eigenvalue weighted by Gasteiger charge is -2.28. The second kappa shape index (κ2) is 11.7. The molecule has 0 radical (unpaired) electrons. The number of anilines is 1. The van der Waals surface area contributed by atoms with Crippen LogP contribution in [0.1, 0.15) is 51.5 Å². The van der Waals surface area contributed by atoms with E-state index in [1.165, 1.54) is 6.92 Å². The summed E-state index contributed by atoms with van der Waals surface area (Å²) >= 11 is 0. The minimum atomic E-state index is -0.665. The molecule has 0 saturated carbocycles. The molecule has 190 valence electrons. The van der Waals surface area contributed by atoms with Crippen LogP contribution >= 0.6 is 0 Å². The maximum atomic E-state index is 12.9. The Morgan fingerprint density at radius 3 is 2.64 bits per heavy atom. The largest absolute Gasteiger partial charge is 0.494 e. The molecule has 2 aromatic rings. The molecule has 2 aliphatic rings. The normalized spacial score (nSPS) is 14.8. The number of nitrogens with one attached hydrogen (secondary N) is 1. The van der Waals surface area contributed by atoms with Crippen LogP contribution in [0.15, 0.2) is 53.5 Å². The van der Waals surface area contributed by atoms with Crippen LogP contribution in [0.4, 0.5) is 11.4 Å². The molecule has 9 nitrogen and oxygen atoms in total. The first kappa shape index (κ1) is 25.2. The lowest BCUT2D eigenvalue weighted by molar-refractivity contribution is -0.146. The first-order chi connectivity index (χ1) is 17.4. The lowest BCUT2D eigenvalue weighted by atomic mass is 10.1. The van der Waals surface area contributed by atoms with E-state index in [0.717, 1.165) is 42.7 Å². The van der Waals surface area contributed by atoms with Gasteiger partial charge in [-0.1, -0.05) is 31.0 Å². The van der Waals surface area contributed by atoms with E-state index in [0.29, 0.717) is 37.8 Å². The molecular formula is C27H32N4O5. The Balaban J connectivity index is 1.18. The summed E-state index contributed by atoms with van der Waals surface area (Å²) in [5, 5.41) is 2.77. The van der Waals surface area contributed by atoms with Crippen molar-refractivity contribution >= 4 is 35.1 Å². The molecule has 36 heavy (non-hydrogen) atoms. The number of nitrogens with zero attached hydrogens (tertiary/aromatic N) is 3. The van der Waals surface area contributed by atoms with Crippen molar-refractivity contribution in [1.29, 1.82) is 0 Å². The van der Waals surface area contributed by atoms with Gasteiger partial charge in [0.05, 0.1) is 12.3 Å². The molecule has 9 heteroatoms. The number of ether oxygens (including phenoxy) is 2. The van der Waals surface area contributed by atoms with Crippen molar-refractivity contribution in [3.8, 4) is 5.75 Å². The number of hydrogen-bond donors (Lipinski definition) is 1. The number of carbonyl (C=O) groups is 3. The van der Waals surface area contributed by atoms with E-state index >= 15 is 0 Å². The highest BCUT2D eigenvalue weighted by Gasteiger charge is 2.29. The fourth-order valence-corrected chi connectivity index (χ4v) is 4.41. The number of carbonyl (C=O) groups excluding carboxylic acids is 3. The smallest absolute Gasteiger partial charge is 0.304 e. The van der Waals surface area contributed by atoms with Crippen molar-refractivity contribution in [1.82, 2.24) is 10.2 Å². The summed E-state index contributed by atoms with van der Waals surface area (Å²) in [5.41, 5.74) is 2.61. The van der Waals surface area contributed by atoms with Gasteiger partial charge in [0.1, 0.15) is 12.3 Å². The predicted octanol–water partition coefficient (Wildman–Crippen LogP) is 3.89. The van der Waals surface area contributed by atoms with Crippen LogP contribution in [0.3, 0.4) is 0 Å². The van der Waals surface area contributed by atoms with E-state index in [1.54, 1.807) is 11.8 Å². The van der Waals surface area contributed by atoms with E-state index in [1.807, 2.05) is 53.4 Å². The number of rotatable bonds is 11. The number of hydrogen-bond acceptors (Lipinski definition) is 7. The molecule has 0 aromatic heterocycles. The lowest BCUT2D eigenvalue weighted by Crippen LogP contribution is -2.41. The monoisotopic (exact) mass is 492 g/mol. The molecule has 2 aliphatic heterocycles. The Bertz CT molecular complexity index is 1130. The summed E-state index contributed by atoms with van der Waals surface area (Å²) in [4.78, 5) is 43.9. The number of benzene rings is 2. The van der Waals surface area contributed by atoms with Gasteiger partial charge >= 0.3 is 5.97 Å². The maximum Gasteiger partial charge on any atom is 0.304 e. The number of para-hydroxylation sites is 1. The van der Waals surface area contributed by atoms with Gasteiger partial charge in [0.25, 0.3) is 0 Å². The van der Waals surface area contributed by atoms with Gasteiger partial charge in [0.15, 0.2) is 6.23 Å². The third kappa shape index (κ3) is 6.41. The zero-order valence-corrected chi connectivity index (χ0v) is 20.7. The average molecular weight is 493 g/mol. The van der Waals surface area contributed by atoms with Crippen molar-refractivity contribution in [2.24, 2.45) is 4.99 Å². The highest BCUT2D eigenvalue weighted by atomic mass is 16.6. The molecule has 0 aliphatic carbocycles. The molecule has 2 heterocycles. The Hall–Kier alpha value is -3.88. The molecule has 0 bridgehead atoms.